The van der Waals surface area contributed by atoms with E-state index in [4.69, 9.17) is 0 Å². The van der Waals surface area contributed by atoms with Gasteiger partial charge >= 0.3 is 0 Å². The van der Waals surface area contributed by atoms with E-state index >= 15 is 0 Å². The molecule has 1 fully saturated rings. The number of amides is 2. The predicted octanol–water partition coefficient (Wildman–Crippen LogP) is 2.65. The predicted molar refractivity (Wildman–Crippen MR) is 89.9 cm³/mol. The maximum atomic E-state index is 12.8. The third kappa shape index (κ3) is 3.83. The van der Waals surface area contributed by atoms with Crippen LogP contribution in [0.3, 0.4) is 0 Å². The number of likely N-dealkylation sites (N-methyl/N-ethyl adjacent to an activating group) is 1. The lowest BCUT2D eigenvalue weighted by molar-refractivity contribution is -0.129. The normalized spacial score (nSPS) is 17.8. The monoisotopic (exact) mass is 320 g/mol. The van der Waals surface area contributed by atoms with E-state index in [1.54, 1.807) is 25.7 Å². The van der Waals surface area contributed by atoms with E-state index in [0.717, 1.165) is 30.6 Å². The zero-order valence-electron chi connectivity index (χ0n) is 13.4. The molecule has 2 rings (SSSR count). The largest absolute Gasteiger partial charge is 0.357 e. The first kappa shape index (κ1) is 16.9. The van der Waals surface area contributed by atoms with E-state index in [0.29, 0.717) is 0 Å². The van der Waals surface area contributed by atoms with Crippen molar-refractivity contribution in [3.05, 3.63) is 29.8 Å². The van der Waals surface area contributed by atoms with Crippen molar-refractivity contribution in [3.63, 3.8) is 0 Å². The molecule has 0 heterocycles. The third-order valence-corrected chi connectivity index (χ3v) is 5.64. The molecule has 0 aromatic heterocycles. The highest BCUT2D eigenvalue weighted by molar-refractivity contribution is 8.01. The van der Waals surface area contributed by atoms with E-state index in [-0.39, 0.29) is 11.8 Å². The van der Waals surface area contributed by atoms with Gasteiger partial charge in [0, 0.05) is 11.9 Å². The summed E-state index contributed by atoms with van der Waals surface area (Å²) in [6.45, 7) is 3.77. The Bertz CT molecular complexity index is 536. The average molecular weight is 320 g/mol. The summed E-state index contributed by atoms with van der Waals surface area (Å²) >= 11 is 1.63. The van der Waals surface area contributed by atoms with E-state index < -0.39 is 10.8 Å². The molecule has 1 atom stereocenters. The number of carbonyl (C=O) groups excluding carboxylic acids is 2. The number of rotatable bonds is 5. The van der Waals surface area contributed by atoms with Crippen LogP contribution in [0.15, 0.2) is 29.2 Å². The average Bonchev–Trinajstić information content (AvgIpc) is 2.98. The minimum atomic E-state index is -0.506. The first-order valence-electron chi connectivity index (χ1n) is 7.75. The SMILES string of the molecule is CNC(=O)[C@@H](C)NC(=O)C1(Sc2ccc(C)cc2)CCCC1. The summed E-state index contributed by atoms with van der Waals surface area (Å²) in [6, 6.07) is 7.76. The number of hydrogen-bond acceptors (Lipinski definition) is 3. The Morgan fingerprint density at radius 3 is 2.32 bits per heavy atom. The molecule has 2 N–H and O–H groups in total. The van der Waals surface area contributed by atoms with E-state index in [1.165, 1.54) is 5.56 Å². The number of thioether (sulfide) groups is 1. The number of nitrogens with one attached hydrogen (secondary N) is 2. The van der Waals surface area contributed by atoms with Crippen LogP contribution < -0.4 is 10.6 Å². The minimum Gasteiger partial charge on any atom is -0.357 e. The summed E-state index contributed by atoms with van der Waals surface area (Å²) in [7, 11) is 1.58. The number of hydrogen-bond donors (Lipinski definition) is 2. The first-order valence-corrected chi connectivity index (χ1v) is 8.57. The molecule has 0 bridgehead atoms. The van der Waals surface area contributed by atoms with Crippen molar-refractivity contribution in [3.8, 4) is 0 Å². The van der Waals surface area contributed by atoms with Crippen LogP contribution in [-0.2, 0) is 9.59 Å². The highest BCUT2D eigenvalue weighted by Gasteiger charge is 2.42. The van der Waals surface area contributed by atoms with Crippen LogP contribution in [0.5, 0.6) is 0 Å². The molecule has 4 nitrogen and oxygen atoms in total. The molecule has 5 heteroatoms. The molecule has 120 valence electrons. The lowest BCUT2D eigenvalue weighted by atomic mass is 10.1. The molecule has 0 unspecified atom stereocenters. The van der Waals surface area contributed by atoms with Gasteiger partial charge in [-0.05, 0) is 38.8 Å². The van der Waals surface area contributed by atoms with Crippen molar-refractivity contribution in [2.75, 3.05) is 7.05 Å². The highest BCUT2D eigenvalue weighted by Crippen LogP contribution is 2.45. The Labute approximate surface area is 136 Å². The maximum absolute atomic E-state index is 12.8. The topological polar surface area (TPSA) is 58.2 Å². The summed E-state index contributed by atoms with van der Waals surface area (Å²) in [5.41, 5.74) is 1.21. The van der Waals surface area contributed by atoms with Gasteiger partial charge in [0.1, 0.15) is 6.04 Å². The van der Waals surface area contributed by atoms with Gasteiger partial charge in [-0.15, -0.1) is 11.8 Å². The van der Waals surface area contributed by atoms with Gasteiger partial charge < -0.3 is 10.6 Å². The first-order chi connectivity index (χ1) is 10.5. The van der Waals surface area contributed by atoms with Gasteiger partial charge in [-0.25, -0.2) is 0 Å². The lowest BCUT2D eigenvalue weighted by Crippen LogP contribution is -2.50. The van der Waals surface area contributed by atoms with E-state index in [2.05, 4.69) is 41.8 Å². The number of aryl methyl sites for hydroxylation is 1. The second-order valence-corrected chi connectivity index (χ2v) is 7.38. The smallest absolute Gasteiger partial charge is 0.242 e. The summed E-state index contributed by atoms with van der Waals surface area (Å²) in [6.07, 6.45) is 3.83. The third-order valence-electron chi connectivity index (χ3n) is 4.15. The molecule has 2 amide bonds. The standard InChI is InChI=1S/C17H24N2O2S/c1-12-6-8-14(9-7-12)22-17(10-4-5-11-17)16(21)19-13(2)15(20)18-3/h6-9,13H,4-5,10-11H2,1-3H3,(H,18,20)(H,19,21)/t13-/m1/s1. The Morgan fingerprint density at radius 2 is 1.77 bits per heavy atom. The van der Waals surface area contributed by atoms with Gasteiger partial charge in [0.15, 0.2) is 0 Å². The van der Waals surface area contributed by atoms with Crippen molar-refractivity contribution in [1.29, 1.82) is 0 Å². The molecule has 0 aliphatic heterocycles. The molecule has 1 aliphatic rings. The minimum absolute atomic E-state index is 0.0216. The van der Waals surface area contributed by atoms with Crippen LogP contribution in [0, 0.1) is 6.92 Å². The van der Waals surface area contributed by atoms with Gasteiger partial charge in [-0.2, -0.15) is 0 Å². The molecule has 22 heavy (non-hydrogen) atoms. The maximum Gasteiger partial charge on any atom is 0.242 e. The second kappa shape index (κ2) is 7.18. The molecule has 0 saturated heterocycles. The molecule has 1 aliphatic carbocycles. The summed E-state index contributed by atoms with van der Waals surface area (Å²) in [5.74, 6) is -0.187. The molecule has 1 aromatic rings. The van der Waals surface area contributed by atoms with Crippen molar-refractivity contribution in [2.45, 2.75) is 55.2 Å². The molecular formula is C17H24N2O2S. The van der Waals surface area contributed by atoms with Crippen LogP contribution in [0.2, 0.25) is 0 Å². The number of carbonyl (C=O) groups is 2. The molecule has 1 aromatic carbocycles. The molecular weight excluding hydrogens is 296 g/mol. The van der Waals surface area contributed by atoms with Crippen molar-refractivity contribution >= 4 is 23.6 Å². The summed E-state index contributed by atoms with van der Waals surface area (Å²) in [4.78, 5) is 25.5. The van der Waals surface area contributed by atoms with E-state index in [1.807, 2.05) is 0 Å². The van der Waals surface area contributed by atoms with Crippen molar-refractivity contribution in [1.82, 2.24) is 10.6 Å². The summed E-state index contributed by atoms with van der Waals surface area (Å²) in [5, 5.41) is 5.44. The lowest BCUT2D eigenvalue weighted by Gasteiger charge is -2.28. The number of benzene rings is 1. The van der Waals surface area contributed by atoms with Crippen LogP contribution in [0.4, 0.5) is 0 Å². The van der Waals surface area contributed by atoms with Gasteiger partial charge in [0.2, 0.25) is 11.8 Å². The van der Waals surface area contributed by atoms with Crippen molar-refractivity contribution in [2.24, 2.45) is 0 Å². The molecule has 0 radical (unpaired) electrons. The molecule has 1 saturated carbocycles. The second-order valence-electron chi connectivity index (χ2n) is 5.93. The zero-order valence-corrected chi connectivity index (χ0v) is 14.3. The van der Waals surface area contributed by atoms with Crippen molar-refractivity contribution < 1.29 is 9.59 Å². The Hall–Kier alpha value is -1.49. The van der Waals surface area contributed by atoms with Gasteiger partial charge in [-0.3, -0.25) is 9.59 Å². The molecule has 0 spiro atoms. The zero-order chi connectivity index (χ0) is 16.2. The summed E-state index contributed by atoms with van der Waals surface area (Å²) < 4.78 is -0.447. The fourth-order valence-electron chi connectivity index (χ4n) is 2.76. The Balaban J connectivity index is 2.12. The quantitative estimate of drug-likeness (QED) is 0.877. The fourth-order valence-corrected chi connectivity index (χ4v) is 4.13. The fraction of sp³-hybridized carbons (Fsp3) is 0.529. The van der Waals surface area contributed by atoms with Gasteiger partial charge in [0.05, 0.1) is 4.75 Å². The van der Waals surface area contributed by atoms with Crippen LogP contribution in [0.1, 0.15) is 38.2 Å². The van der Waals surface area contributed by atoms with E-state index in [9.17, 15) is 9.59 Å². The highest BCUT2D eigenvalue weighted by atomic mass is 32.2. The van der Waals surface area contributed by atoms with Crippen LogP contribution in [-0.4, -0.2) is 29.7 Å². The Kier molecular flexibility index (Phi) is 5.51. The van der Waals surface area contributed by atoms with Gasteiger partial charge in [0.25, 0.3) is 0 Å². The van der Waals surface area contributed by atoms with Gasteiger partial charge in [-0.1, -0.05) is 30.5 Å². The van der Waals surface area contributed by atoms with Crippen LogP contribution in [0.25, 0.3) is 0 Å². The van der Waals surface area contributed by atoms with Crippen LogP contribution >= 0.6 is 11.8 Å². The Morgan fingerprint density at radius 1 is 1.18 bits per heavy atom.